The van der Waals surface area contributed by atoms with Gasteiger partial charge in [0.2, 0.25) is 11.8 Å². The summed E-state index contributed by atoms with van der Waals surface area (Å²) < 4.78 is 0. The molecule has 0 aromatic carbocycles. The third-order valence-corrected chi connectivity index (χ3v) is 2.96. The van der Waals surface area contributed by atoms with Crippen molar-refractivity contribution in [1.82, 2.24) is 15.1 Å². The van der Waals surface area contributed by atoms with Crippen molar-refractivity contribution < 1.29 is 9.59 Å². The van der Waals surface area contributed by atoms with Crippen LogP contribution in [0.3, 0.4) is 0 Å². The fourth-order valence-electron chi connectivity index (χ4n) is 1.87. The number of likely N-dealkylation sites (N-methyl/N-ethyl adjacent to an activating group) is 2. The normalized spacial score (nSPS) is 19.2. The number of carbonyl (C=O) groups is 2. The van der Waals surface area contributed by atoms with Gasteiger partial charge in [0.25, 0.3) is 0 Å². The minimum Gasteiger partial charge on any atom is -0.335 e. The van der Waals surface area contributed by atoms with Crippen molar-refractivity contribution in [1.29, 1.82) is 0 Å². The first kappa shape index (κ1) is 13.0. The second kappa shape index (κ2) is 5.84. The highest BCUT2D eigenvalue weighted by molar-refractivity contribution is 5.92. The van der Waals surface area contributed by atoms with Crippen molar-refractivity contribution in [3.05, 3.63) is 0 Å². The molecule has 0 aromatic heterocycles. The third kappa shape index (κ3) is 3.20. The van der Waals surface area contributed by atoms with E-state index >= 15 is 0 Å². The lowest BCUT2D eigenvalue weighted by atomic mass is 10.1. The smallest absolute Gasteiger partial charge is 0.242 e. The molecule has 92 valence electrons. The second-order valence-corrected chi connectivity index (χ2v) is 4.30. The average Bonchev–Trinajstić information content (AvgIpc) is 2.25. The van der Waals surface area contributed by atoms with E-state index in [4.69, 9.17) is 0 Å². The van der Waals surface area contributed by atoms with Gasteiger partial charge in [0.05, 0.1) is 13.1 Å². The van der Waals surface area contributed by atoms with Crippen molar-refractivity contribution in [2.75, 3.05) is 33.7 Å². The largest absolute Gasteiger partial charge is 0.335 e. The zero-order chi connectivity index (χ0) is 12.1. The Hall–Kier alpha value is -1.10. The van der Waals surface area contributed by atoms with Crippen molar-refractivity contribution in [2.24, 2.45) is 0 Å². The maximum absolute atomic E-state index is 11.7. The average molecular weight is 227 g/mol. The fourth-order valence-corrected chi connectivity index (χ4v) is 1.87. The second-order valence-electron chi connectivity index (χ2n) is 4.30. The van der Waals surface area contributed by atoms with Gasteiger partial charge < -0.3 is 15.1 Å². The first-order chi connectivity index (χ1) is 7.58. The van der Waals surface area contributed by atoms with Gasteiger partial charge in [-0.2, -0.15) is 0 Å². The van der Waals surface area contributed by atoms with Gasteiger partial charge in [-0.3, -0.25) is 9.59 Å². The van der Waals surface area contributed by atoms with Gasteiger partial charge >= 0.3 is 0 Å². The molecule has 1 N–H and O–H groups in total. The molecule has 0 saturated carbocycles. The van der Waals surface area contributed by atoms with Crippen LogP contribution in [0.2, 0.25) is 0 Å². The zero-order valence-corrected chi connectivity index (χ0v) is 10.3. The van der Waals surface area contributed by atoms with Crippen LogP contribution in [0.4, 0.5) is 0 Å². The Bertz CT molecular complexity index is 268. The Morgan fingerprint density at radius 2 is 2.00 bits per heavy atom. The predicted octanol–water partition coefficient (Wildman–Crippen LogP) is -0.325. The SMILES string of the molecule is CCCC(CN1CC(=O)N(C)CC1=O)NC. The van der Waals surface area contributed by atoms with Crippen molar-refractivity contribution in [3.63, 3.8) is 0 Å². The van der Waals surface area contributed by atoms with E-state index in [1.54, 1.807) is 11.9 Å². The molecule has 0 aliphatic carbocycles. The van der Waals surface area contributed by atoms with Crippen LogP contribution in [0.1, 0.15) is 19.8 Å². The van der Waals surface area contributed by atoms with E-state index in [1.165, 1.54) is 4.90 Å². The van der Waals surface area contributed by atoms with E-state index in [9.17, 15) is 9.59 Å². The van der Waals surface area contributed by atoms with E-state index in [0.29, 0.717) is 6.54 Å². The molecule has 1 heterocycles. The lowest BCUT2D eigenvalue weighted by Crippen LogP contribution is -2.55. The summed E-state index contributed by atoms with van der Waals surface area (Å²) in [6.45, 7) is 3.17. The zero-order valence-electron chi connectivity index (χ0n) is 10.3. The molecule has 5 heteroatoms. The van der Waals surface area contributed by atoms with Crippen LogP contribution in [0.5, 0.6) is 0 Å². The van der Waals surface area contributed by atoms with Gasteiger partial charge in [0.15, 0.2) is 0 Å². The minimum atomic E-state index is 0.0194. The van der Waals surface area contributed by atoms with Crippen molar-refractivity contribution in [3.8, 4) is 0 Å². The predicted molar refractivity (Wildman–Crippen MR) is 62.0 cm³/mol. The first-order valence-corrected chi connectivity index (χ1v) is 5.77. The van der Waals surface area contributed by atoms with Crippen LogP contribution in [0.25, 0.3) is 0 Å². The number of rotatable bonds is 5. The van der Waals surface area contributed by atoms with E-state index in [-0.39, 0.29) is 30.9 Å². The lowest BCUT2D eigenvalue weighted by Gasteiger charge is -2.33. The van der Waals surface area contributed by atoms with Gasteiger partial charge in [0, 0.05) is 19.6 Å². The van der Waals surface area contributed by atoms with Gasteiger partial charge in [-0.25, -0.2) is 0 Å². The number of piperazine rings is 1. The summed E-state index contributed by atoms with van der Waals surface area (Å²) in [7, 11) is 3.56. The van der Waals surface area contributed by atoms with Crippen molar-refractivity contribution in [2.45, 2.75) is 25.8 Å². The number of nitrogens with zero attached hydrogens (tertiary/aromatic N) is 2. The lowest BCUT2D eigenvalue weighted by molar-refractivity contribution is -0.149. The minimum absolute atomic E-state index is 0.0194. The Balaban J connectivity index is 2.52. The first-order valence-electron chi connectivity index (χ1n) is 5.77. The number of carbonyl (C=O) groups excluding carboxylic acids is 2. The summed E-state index contributed by atoms with van der Waals surface area (Å²) in [4.78, 5) is 26.3. The summed E-state index contributed by atoms with van der Waals surface area (Å²) >= 11 is 0. The molecule has 1 aliphatic heterocycles. The molecule has 1 saturated heterocycles. The van der Waals surface area contributed by atoms with Crippen LogP contribution >= 0.6 is 0 Å². The van der Waals surface area contributed by atoms with Crippen LogP contribution in [0.15, 0.2) is 0 Å². The molecular formula is C11H21N3O2. The molecule has 1 atom stereocenters. The summed E-state index contributed by atoms with van der Waals surface area (Å²) in [5.74, 6) is 0.0596. The maximum Gasteiger partial charge on any atom is 0.242 e. The van der Waals surface area contributed by atoms with E-state index in [0.717, 1.165) is 12.8 Å². The summed E-state index contributed by atoms with van der Waals surface area (Å²) in [6, 6.07) is 0.283. The highest BCUT2D eigenvalue weighted by atomic mass is 16.2. The van der Waals surface area contributed by atoms with E-state index < -0.39 is 0 Å². The molecular weight excluding hydrogens is 206 g/mol. The van der Waals surface area contributed by atoms with E-state index in [1.807, 2.05) is 7.05 Å². The number of nitrogens with one attached hydrogen (secondary N) is 1. The fraction of sp³-hybridized carbons (Fsp3) is 0.818. The third-order valence-electron chi connectivity index (χ3n) is 2.96. The maximum atomic E-state index is 11.7. The Labute approximate surface area is 96.8 Å². The molecule has 5 nitrogen and oxygen atoms in total. The highest BCUT2D eigenvalue weighted by Crippen LogP contribution is 2.06. The van der Waals surface area contributed by atoms with Crippen molar-refractivity contribution >= 4 is 11.8 Å². The quantitative estimate of drug-likeness (QED) is 0.700. The molecule has 0 spiro atoms. The Morgan fingerprint density at radius 1 is 1.31 bits per heavy atom. The van der Waals surface area contributed by atoms with E-state index in [2.05, 4.69) is 12.2 Å². The molecule has 0 aromatic rings. The van der Waals surface area contributed by atoms with Crippen LogP contribution < -0.4 is 5.32 Å². The highest BCUT2D eigenvalue weighted by Gasteiger charge is 2.28. The number of amides is 2. The summed E-state index contributed by atoms with van der Waals surface area (Å²) in [6.07, 6.45) is 2.09. The van der Waals surface area contributed by atoms with Crippen LogP contribution in [0, 0.1) is 0 Å². The number of hydrogen-bond acceptors (Lipinski definition) is 3. The molecule has 1 rings (SSSR count). The topological polar surface area (TPSA) is 52.7 Å². The number of hydrogen-bond donors (Lipinski definition) is 1. The molecule has 1 fully saturated rings. The molecule has 16 heavy (non-hydrogen) atoms. The van der Waals surface area contributed by atoms with Crippen LogP contribution in [-0.2, 0) is 9.59 Å². The molecule has 0 bridgehead atoms. The van der Waals surface area contributed by atoms with Gasteiger partial charge in [-0.05, 0) is 13.5 Å². The van der Waals surface area contributed by atoms with Gasteiger partial charge in [-0.15, -0.1) is 0 Å². The van der Waals surface area contributed by atoms with Gasteiger partial charge in [0.1, 0.15) is 0 Å². The summed E-state index contributed by atoms with van der Waals surface area (Å²) in [5, 5.41) is 3.18. The molecule has 1 aliphatic rings. The standard InChI is InChI=1S/C11H21N3O2/c1-4-5-9(12-2)6-14-8-10(15)13(3)7-11(14)16/h9,12H,4-8H2,1-3H3. The van der Waals surface area contributed by atoms with Gasteiger partial charge in [-0.1, -0.05) is 13.3 Å². The molecule has 0 radical (unpaired) electrons. The summed E-state index contributed by atoms with van der Waals surface area (Å²) in [5.41, 5.74) is 0. The Kier molecular flexibility index (Phi) is 4.73. The Morgan fingerprint density at radius 3 is 2.56 bits per heavy atom. The molecule has 2 amide bonds. The van der Waals surface area contributed by atoms with Crippen LogP contribution in [-0.4, -0.2) is 61.4 Å². The molecule has 1 unspecified atom stereocenters. The monoisotopic (exact) mass is 227 g/mol.